The first-order chi connectivity index (χ1) is 14.3. The van der Waals surface area contributed by atoms with Crippen LogP contribution in [-0.2, 0) is 37.0 Å². The van der Waals surface area contributed by atoms with Gasteiger partial charge in [-0.2, -0.15) is 0 Å². The van der Waals surface area contributed by atoms with Crippen molar-refractivity contribution in [3.05, 3.63) is 71.8 Å². The van der Waals surface area contributed by atoms with Crippen LogP contribution >= 0.6 is 0 Å². The summed E-state index contributed by atoms with van der Waals surface area (Å²) >= 11 is 0. The Labute approximate surface area is 172 Å². The number of benzene rings is 2. The summed E-state index contributed by atoms with van der Waals surface area (Å²) in [6.07, 6.45) is 2.18. The average Bonchev–Trinajstić information content (AvgIpc) is 2.78. The van der Waals surface area contributed by atoms with Gasteiger partial charge in [0.25, 0.3) is 0 Å². The monoisotopic (exact) mass is 398 g/mol. The molecule has 29 heavy (non-hydrogen) atoms. The summed E-state index contributed by atoms with van der Waals surface area (Å²) in [4.78, 5) is 10.8. The molecule has 4 atom stereocenters. The van der Waals surface area contributed by atoms with Crippen LogP contribution in [0.5, 0.6) is 0 Å². The summed E-state index contributed by atoms with van der Waals surface area (Å²) in [5.41, 5.74) is 2.22. The second-order valence-electron chi connectivity index (χ2n) is 7.31. The number of hydrogen-bond donors (Lipinski definition) is 0. The van der Waals surface area contributed by atoms with Crippen molar-refractivity contribution in [2.75, 3.05) is 13.7 Å². The molecule has 5 heteroatoms. The fourth-order valence-corrected chi connectivity index (χ4v) is 3.67. The lowest BCUT2D eigenvalue weighted by Gasteiger charge is -2.41. The third kappa shape index (κ3) is 6.75. The number of carbonyl (C=O) groups excluding carboxylic acids is 1. The molecule has 1 aliphatic rings. The van der Waals surface area contributed by atoms with Crippen LogP contribution in [0.25, 0.3) is 0 Å². The molecule has 2 aromatic rings. The van der Waals surface area contributed by atoms with E-state index >= 15 is 0 Å². The Kier molecular flexibility index (Phi) is 8.83. The standard InChI is InChI=1S/C24H30O5/c1-26-22-15-21(13-8-14-25)29-23(18-27-16-19-9-4-2-5-10-19)24(22)28-17-20-11-6-3-7-12-20/h2-7,9-12,14,21-24H,8,13,15-18H2,1H3/t21-,22-,23-,24-/m1/s1. The molecule has 3 rings (SSSR count). The zero-order valence-corrected chi connectivity index (χ0v) is 16.9. The molecule has 0 unspecified atom stereocenters. The van der Waals surface area contributed by atoms with Crippen molar-refractivity contribution in [3.8, 4) is 0 Å². The van der Waals surface area contributed by atoms with Gasteiger partial charge in [-0.25, -0.2) is 0 Å². The number of hydrogen-bond acceptors (Lipinski definition) is 5. The van der Waals surface area contributed by atoms with Crippen molar-refractivity contribution >= 4 is 6.29 Å². The Balaban J connectivity index is 1.63. The van der Waals surface area contributed by atoms with E-state index in [1.54, 1.807) is 7.11 Å². The van der Waals surface area contributed by atoms with Crippen LogP contribution in [0.15, 0.2) is 60.7 Å². The molecule has 0 N–H and O–H groups in total. The first kappa shape index (κ1) is 21.7. The van der Waals surface area contributed by atoms with Gasteiger partial charge in [0.2, 0.25) is 0 Å². The van der Waals surface area contributed by atoms with Gasteiger partial charge in [-0.3, -0.25) is 0 Å². The van der Waals surface area contributed by atoms with Crippen LogP contribution in [0.3, 0.4) is 0 Å². The molecule has 0 amide bonds. The highest BCUT2D eigenvalue weighted by molar-refractivity contribution is 5.49. The molecule has 1 fully saturated rings. The Bertz CT molecular complexity index is 706. The SMILES string of the molecule is CO[C@@H]1C[C@@H](CCC=O)O[C@H](COCc2ccccc2)[C@@H]1OCc1ccccc1. The van der Waals surface area contributed by atoms with Gasteiger partial charge in [0.15, 0.2) is 0 Å². The van der Waals surface area contributed by atoms with Crippen LogP contribution < -0.4 is 0 Å². The number of ether oxygens (including phenoxy) is 4. The minimum atomic E-state index is -0.252. The highest BCUT2D eigenvalue weighted by atomic mass is 16.6. The fourth-order valence-electron chi connectivity index (χ4n) is 3.67. The van der Waals surface area contributed by atoms with Gasteiger partial charge in [0.1, 0.15) is 18.5 Å². The Morgan fingerprint density at radius 1 is 1.00 bits per heavy atom. The maximum absolute atomic E-state index is 10.8. The molecule has 0 radical (unpaired) electrons. The molecule has 0 aromatic heterocycles. The molecular formula is C24H30O5. The van der Waals surface area contributed by atoms with Gasteiger partial charge in [0.05, 0.1) is 32.0 Å². The van der Waals surface area contributed by atoms with E-state index in [1.165, 1.54) is 0 Å². The van der Waals surface area contributed by atoms with Gasteiger partial charge in [0, 0.05) is 20.0 Å². The third-order valence-corrected chi connectivity index (χ3v) is 5.18. The minimum absolute atomic E-state index is 0.0351. The van der Waals surface area contributed by atoms with Gasteiger partial charge >= 0.3 is 0 Å². The molecule has 0 spiro atoms. The molecule has 2 aromatic carbocycles. The zero-order chi connectivity index (χ0) is 20.3. The molecule has 1 aliphatic heterocycles. The lowest BCUT2D eigenvalue weighted by molar-refractivity contribution is -0.213. The summed E-state index contributed by atoms with van der Waals surface area (Å²) in [7, 11) is 1.70. The van der Waals surface area contributed by atoms with E-state index in [1.807, 2.05) is 60.7 Å². The van der Waals surface area contributed by atoms with E-state index in [4.69, 9.17) is 18.9 Å². The van der Waals surface area contributed by atoms with Crippen LogP contribution in [0, 0.1) is 0 Å². The summed E-state index contributed by atoms with van der Waals surface area (Å²) in [5, 5.41) is 0. The maximum atomic E-state index is 10.8. The third-order valence-electron chi connectivity index (χ3n) is 5.18. The fraction of sp³-hybridized carbons (Fsp3) is 0.458. The van der Waals surface area contributed by atoms with Crippen molar-refractivity contribution in [1.29, 1.82) is 0 Å². The highest BCUT2D eigenvalue weighted by Gasteiger charge is 2.39. The van der Waals surface area contributed by atoms with E-state index in [0.29, 0.717) is 39.1 Å². The van der Waals surface area contributed by atoms with Gasteiger partial charge in [-0.1, -0.05) is 60.7 Å². The number of methoxy groups -OCH3 is 1. The Hall–Kier alpha value is -2.05. The first-order valence-electron chi connectivity index (χ1n) is 10.2. The Morgan fingerprint density at radius 3 is 2.28 bits per heavy atom. The van der Waals surface area contributed by atoms with Crippen LogP contribution in [0.1, 0.15) is 30.4 Å². The van der Waals surface area contributed by atoms with E-state index in [-0.39, 0.29) is 24.4 Å². The smallest absolute Gasteiger partial charge is 0.120 e. The zero-order valence-electron chi connectivity index (χ0n) is 16.9. The molecule has 1 heterocycles. The van der Waals surface area contributed by atoms with E-state index < -0.39 is 0 Å². The van der Waals surface area contributed by atoms with Crippen LogP contribution in [0.2, 0.25) is 0 Å². The largest absolute Gasteiger partial charge is 0.379 e. The molecule has 0 saturated carbocycles. The predicted molar refractivity (Wildman–Crippen MR) is 110 cm³/mol. The summed E-state index contributed by atoms with van der Waals surface area (Å²) in [6.45, 7) is 1.41. The normalized spacial score (nSPS) is 24.3. The maximum Gasteiger partial charge on any atom is 0.120 e. The molecular weight excluding hydrogens is 368 g/mol. The predicted octanol–water partition coefficient (Wildman–Crippen LogP) is 3.94. The van der Waals surface area contributed by atoms with Crippen molar-refractivity contribution in [1.82, 2.24) is 0 Å². The molecule has 5 nitrogen and oxygen atoms in total. The van der Waals surface area contributed by atoms with E-state index in [2.05, 4.69) is 0 Å². The van der Waals surface area contributed by atoms with Crippen molar-refractivity contribution in [2.24, 2.45) is 0 Å². The lowest BCUT2D eigenvalue weighted by atomic mass is 9.95. The van der Waals surface area contributed by atoms with E-state index in [9.17, 15) is 4.79 Å². The molecule has 156 valence electrons. The van der Waals surface area contributed by atoms with Crippen LogP contribution in [-0.4, -0.2) is 44.4 Å². The summed E-state index contributed by atoms with van der Waals surface area (Å²) in [5.74, 6) is 0. The second kappa shape index (κ2) is 11.8. The highest BCUT2D eigenvalue weighted by Crippen LogP contribution is 2.28. The van der Waals surface area contributed by atoms with Crippen molar-refractivity contribution in [3.63, 3.8) is 0 Å². The average molecular weight is 398 g/mol. The number of aldehydes is 1. The number of rotatable bonds is 11. The quantitative estimate of drug-likeness (QED) is 0.537. The number of carbonyl (C=O) groups is 1. The molecule has 1 saturated heterocycles. The minimum Gasteiger partial charge on any atom is -0.379 e. The van der Waals surface area contributed by atoms with Gasteiger partial charge < -0.3 is 23.7 Å². The Morgan fingerprint density at radius 2 is 1.66 bits per heavy atom. The van der Waals surface area contributed by atoms with Gasteiger partial charge in [-0.15, -0.1) is 0 Å². The topological polar surface area (TPSA) is 54.0 Å². The first-order valence-corrected chi connectivity index (χ1v) is 10.2. The van der Waals surface area contributed by atoms with Crippen LogP contribution in [0.4, 0.5) is 0 Å². The van der Waals surface area contributed by atoms with Gasteiger partial charge in [-0.05, 0) is 17.5 Å². The second-order valence-corrected chi connectivity index (χ2v) is 7.31. The summed E-state index contributed by atoms with van der Waals surface area (Å²) < 4.78 is 24.2. The van der Waals surface area contributed by atoms with E-state index in [0.717, 1.165) is 17.4 Å². The molecule has 0 bridgehead atoms. The van der Waals surface area contributed by atoms with Crippen molar-refractivity contribution < 1.29 is 23.7 Å². The lowest BCUT2D eigenvalue weighted by Crippen LogP contribution is -2.52. The van der Waals surface area contributed by atoms with Crippen molar-refractivity contribution in [2.45, 2.75) is 56.9 Å². The molecule has 0 aliphatic carbocycles. The summed E-state index contributed by atoms with van der Waals surface area (Å²) in [6, 6.07) is 20.1.